The summed E-state index contributed by atoms with van der Waals surface area (Å²) in [6.45, 7) is 0.564. The van der Waals surface area contributed by atoms with E-state index in [1.165, 1.54) is 12.8 Å². The van der Waals surface area contributed by atoms with E-state index < -0.39 is 0 Å². The van der Waals surface area contributed by atoms with E-state index in [4.69, 9.17) is 28.0 Å². The van der Waals surface area contributed by atoms with Crippen LogP contribution < -0.4 is 5.32 Å². The van der Waals surface area contributed by atoms with Crippen molar-refractivity contribution in [2.45, 2.75) is 25.7 Å². The SMILES string of the molecule is O=C(Cc1ccccc1)N/C(Cc1c(Cl)cccc1Cl)=N\OCC1CC1. The van der Waals surface area contributed by atoms with Crippen LogP contribution in [0.15, 0.2) is 53.7 Å². The van der Waals surface area contributed by atoms with Gasteiger partial charge in [-0.2, -0.15) is 0 Å². The third kappa shape index (κ3) is 5.75. The summed E-state index contributed by atoms with van der Waals surface area (Å²) in [5, 5.41) is 8.03. The Morgan fingerprint density at radius 2 is 1.73 bits per heavy atom. The number of hydrogen-bond donors (Lipinski definition) is 1. The van der Waals surface area contributed by atoms with Crippen LogP contribution >= 0.6 is 23.2 Å². The molecule has 1 aliphatic rings. The molecule has 0 aromatic heterocycles. The van der Waals surface area contributed by atoms with Crippen molar-refractivity contribution in [1.82, 2.24) is 5.32 Å². The van der Waals surface area contributed by atoms with Gasteiger partial charge in [0, 0.05) is 16.5 Å². The second-order valence-corrected chi connectivity index (χ2v) is 7.18. The Hall–Kier alpha value is -2.04. The molecular formula is C20H20Cl2N2O2. The zero-order valence-corrected chi connectivity index (χ0v) is 15.8. The van der Waals surface area contributed by atoms with Crippen molar-refractivity contribution >= 4 is 34.9 Å². The van der Waals surface area contributed by atoms with Gasteiger partial charge in [-0.15, -0.1) is 0 Å². The van der Waals surface area contributed by atoms with E-state index in [0.717, 1.165) is 5.56 Å². The second kappa shape index (κ2) is 9.06. The summed E-state index contributed by atoms with van der Waals surface area (Å²) >= 11 is 12.5. The molecule has 26 heavy (non-hydrogen) atoms. The van der Waals surface area contributed by atoms with Crippen molar-refractivity contribution in [3.63, 3.8) is 0 Å². The lowest BCUT2D eigenvalue weighted by Gasteiger charge is -2.11. The standard InChI is InChI=1S/C20H20Cl2N2O2/c21-17-7-4-8-18(22)16(17)12-19(24-26-13-15-9-10-15)23-20(25)11-14-5-2-1-3-6-14/h1-8,15H,9-13H2,(H,23,24,25). The van der Waals surface area contributed by atoms with Crippen LogP contribution in [0.4, 0.5) is 0 Å². The van der Waals surface area contributed by atoms with Crippen LogP contribution in [0.25, 0.3) is 0 Å². The minimum absolute atomic E-state index is 0.159. The molecule has 1 saturated carbocycles. The van der Waals surface area contributed by atoms with Crippen molar-refractivity contribution in [3.8, 4) is 0 Å². The molecule has 0 unspecified atom stereocenters. The maximum absolute atomic E-state index is 12.4. The Balaban J connectivity index is 1.69. The zero-order valence-electron chi connectivity index (χ0n) is 14.3. The summed E-state index contributed by atoms with van der Waals surface area (Å²) in [5.41, 5.74) is 1.64. The number of carbonyl (C=O) groups is 1. The van der Waals surface area contributed by atoms with Gasteiger partial charge in [0.2, 0.25) is 5.91 Å². The highest BCUT2D eigenvalue weighted by molar-refractivity contribution is 6.36. The van der Waals surface area contributed by atoms with Gasteiger partial charge in [0.05, 0.1) is 6.42 Å². The van der Waals surface area contributed by atoms with E-state index in [1.54, 1.807) is 18.2 Å². The molecule has 0 radical (unpaired) electrons. The molecule has 3 rings (SSSR count). The summed E-state index contributed by atoms with van der Waals surface area (Å²) in [6, 6.07) is 14.8. The fourth-order valence-corrected chi connectivity index (χ4v) is 2.99. The van der Waals surface area contributed by atoms with Gasteiger partial charge in [-0.05, 0) is 42.0 Å². The first-order valence-corrected chi connectivity index (χ1v) is 9.33. The van der Waals surface area contributed by atoms with Gasteiger partial charge >= 0.3 is 0 Å². The van der Waals surface area contributed by atoms with E-state index >= 15 is 0 Å². The van der Waals surface area contributed by atoms with Gasteiger partial charge < -0.3 is 10.2 Å². The molecular weight excluding hydrogens is 371 g/mol. The average Bonchev–Trinajstić information content (AvgIpc) is 3.43. The van der Waals surface area contributed by atoms with Crippen molar-refractivity contribution in [1.29, 1.82) is 0 Å². The quantitative estimate of drug-likeness (QED) is 0.425. The van der Waals surface area contributed by atoms with Crippen molar-refractivity contribution < 1.29 is 9.63 Å². The Morgan fingerprint density at radius 3 is 2.38 bits per heavy atom. The molecule has 4 nitrogen and oxygen atoms in total. The van der Waals surface area contributed by atoms with Gasteiger partial charge in [0.1, 0.15) is 6.61 Å². The molecule has 0 bridgehead atoms. The van der Waals surface area contributed by atoms with Crippen LogP contribution in [-0.2, 0) is 22.5 Å². The molecule has 0 heterocycles. The fraction of sp³-hybridized carbons (Fsp3) is 0.300. The molecule has 0 atom stereocenters. The minimum Gasteiger partial charge on any atom is -0.394 e. The van der Waals surface area contributed by atoms with Crippen molar-refractivity contribution in [2.75, 3.05) is 6.61 Å². The molecule has 0 spiro atoms. The first-order valence-electron chi connectivity index (χ1n) is 8.57. The Kier molecular flexibility index (Phi) is 6.53. The number of benzene rings is 2. The number of oxime groups is 1. The first-order chi connectivity index (χ1) is 12.6. The molecule has 0 saturated heterocycles. The maximum Gasteiger partial charge on any atom is 0.229 e. The normalized spacial score (nSPS) is 14.2. The van der Waals surface area contributed by atoms with Gasteiger partial charge in [0.25, 0.3) is 0 Å². The van der Waals surface area contributed by atoms with Crippen LogP contribution in [0.5, 0.6) is 0 Å². The fourth-order valence-electron chi connectivity index (χ4n) is 2.46. The molecule has 1 fully saturated rings. The van der Waals surface area contributed by atoms with E-state index in [-0.39, 0.29) is 12.3 Å². The second-order valence-electron chi connectivity index (χ2n) is 6.36. The molecule has 136 valence electrons. The molecule has 0 aliphatic heterocycles. The number of nitrogens with zero attached hydrogens (tertiary/aromatic N) is 1. The monoisotopic (exact) mass is 390 g/mol. The predicted molar refractivity (Wildman–Crippen MR) is 105 cm³/mol. The lowest BCUT2D eigenvalue weighted by molar-refractivity contribution is -0.119. The number of halogens is 2. The third-order valence-corrected chi connectivity index (χ3v) is 4.79. The summed E-state index contributed by atoms with van der Waals surface area (Å²) in [6.07, 6.45) is 2.89. The highest BCUT2D eigenvalue weighted by atomic mass is 35.5. The summed E-state index contributed by atoms with van der Waals surface area (Å²) in [4.78, 5) is 17.8. The number of carbonyl (C=O) groups excluding carboxylic acids is 1. The molecule has 1 amide bonds. The zero-order chi connectivity index (χ0) is 18.4. The average molecular weight is 391 g/mol. The van der Waals surface area contributed by atoms with Crippen LogP contribution in [0.2, 0.25) is 10.0 Å². The summed E-state index contributed by atoms with van der Waals surface area (Å²) in [7, 11) is 0. The van der Waals surface area contributed by atoms with Crippen LogP contribution in [0.1, 0.15) is 24.0 Å². The van der Waals surface area contributed by atoms with E-state index in [1.807, 2.05) is 30.3 Å². The van der Waals surface area contributed by atoms with Crippen molar-refractivity contribution in [2.24, 2.45) is 11.1 Å². The lowest BCUT2D eigenvalue weighted by atomic mass is 10.1. The first kappa shape index (κ1) is 18.7. The minimum atomic E-state index is -0.159. The Morgan fingerprint density at radius 1 is 1.04 bits per heavy atom. The molecule has 1 aliphatic carbocycles. The van der Waals surface area contributed by atoms with Crippen LogP contribution in [0.3, 0.4) is 0 Å². The van der Waals surface area contributed by atoms with E-state index in [9.17, 15) is 4.79 Å². The largest absolute Gasteiger partial charge is 0.394 e. The summed E-state index contributed by atoms with van der Waals surface area (Å²) < 4.78 is 0. The molecule has 2 aromatic carbocycles. The highest BCUT2D eigenvalue weighted by Gasteiger charge is 2.22. The number of hydrogen-bond acceptors (Lipinski definition) is 3. The van der Waals surface area contributed by atoms with E-state index in [2.05, 4.69) is 10.5 Å². The molecule has 2 aromatic rings. The van der Waals surface area contributed by atoms with Gasteiger partial charge in [-0.3, -0.25) is 4.79 Å². The number of amidine groups is 1. The predicted octanol–water partition coefficient (Wildman–Crippen LogP) is 4.63. The summed E-state index contributed by atoms with van der Waals surface area (Å²) in [5.74, 6) is 0.818. The number of rotatable bonds is 7. The van der Waals surface area contributed by atoms with E-state index in [0.29, 0.717) is 40.4 Å². The highest BCUT2D eigenvalue weighted by Crippen LogP contribution is 2.29. The smallest absolute Gasteiger partial charge is 0.229 e. The number of amides is 1. The maximum atomic E-state index is 12.4. The Bertz CT molecular complexity index is 769. The topological polar surface area (TPSA) is 50.7 Å². The molecule has 1 N–H and O–H groups in total. The van der Waals surface area contributed by atoms with Crippen molar-refractivity contribution in [3.05, 3.63) is 69.7 Å². The third-order valence-electron chi connectivity index (χ3n) is 4.08. The molecule has 6 heteroatoms. The van der Waals surface area contributed by atoms with Gasteiger partial charge in [-0.25, -0.2) is 0 Å². The van der Waals surface area contributed by atoms with Gasteiger partial charge in [-0.1, -0.05) is 64.8 Å². The van der Waals surface area contributed by atoms with Gasteiger partial charge in [0.15, 0.2) is 5.84 Å². The van der Waals surface area contributed by atoms with Crippen LogP contribution in [0, 0.1) is 5.92 Å². The number of nitrogens with one attached hydrogen (secondary N) is 1. The lowest BCUT2D eigenvalue weighted by Crippen LogP contribution is -2.33. The van der Waals surface area contributed by atoms with Crippen LogP contribution in [-0.4, -0.2) is 18.3 Å². The Labute approximate surface area is 163 Å².